The molecule has 0 spiro atoms. The maximum Gasteiger partial charge on any atom is 0.326 e. The van der Waals surface area contributed by atoms with Gasteiger partial charge < -0.3 is 10.4 Å². The number of hydrogen-bond donors (Lipinski definition) is 2. The van der Waals surface area contributed by atoms with E-state index in [4.69, 9.17) is 0 Å². The topological polar surface area (TPSA) is 66.4 Å². The van der Waals surface area contributed by atoms with Gasteiger partial charge in [0.25, 0.3) is 0 Å². The summed E-state index contributed by atoms with van der Waals surface area (Å²) in [4.78, 5) is 23.0. The van der Waals surface area contributed by atoms with Crippen LogP contribution in [0, 0.1) is 5.92 Å². The molecule has 0 aliphatic carbocycles. The smallest absolute Gasteiger partial charge is 0.326 e. The summed E-state index contributed by atoms with van der Waals surface area (Å²) >= 11 is 0. The zero-order chi connectivity index (χ0) is 16.8. The second-order valence-corrected chi connectivity index (χ2v) is 5.82. The van der Waals surface area contributed by atoms with Gasteiger partial charge in [0, 0.05) is 12.3 Å². The van der Waals surface area contributed by atoms with Crippen molar-refractivity contribution in [3.63, 3.8) is 0 Å². The molecule has 0 saturated heterocycles. The Morgan fingerprint density at radius 1 is 0.957 bits per heavy atom. The van der Waals surface area contributed by atoms with Gasteiger partial charge in [-0.1, -0.05) is 68.4 Å². The quantitative estimate of drug-likeness (QED) is 0.861. The molecular weight excluding hydrogens is 290 g/mol. The van der Waals surface area contributed by atoms with Crippen molar-refractivity contribution in [3.05, 3.63) is 60.2 Å². The first-order chi connectivity index (χ1) is 11.0. The summed E-state index contributed by atoms with van der Waals surface area (Å²) < 4.78 is 0. The van der Waals surface area contributed by atoms with Crippen molar-refractivity contribution in [2.75, 3.05) is 0 Å². The lowest BCUT2D eigenvalue weighted by Crippen LogP contribution is -2.44. The number of rotatable bonds is 6. The van der Waals surface area contributed by atoms with E-state index in [1.165, 1.54) is 0 Å². The molecule has 2 N–H and O–H groups in total. The third-order valence-electron chi connectivity index (χ3n) is 3.64. The van der Waals surface area contributed by atoms with Crippen molar-refractivity contribution >= 4 is 11.9 Å². The normalized spacial score (nSPS) is 12.0. The molecule has 1 unspecified atom stereocenters. The van der Waals surface area contributed by atoms with Gasteiger partial charge in [0.15, 0.2) is 0 Å². The fourth-order valence-corrected chi connectivity index (χ4v) is 2.24. The summed E-state index contributed by atoms with van der Waals surface area (Å²) in [6, 6.07) is 16.8. The Morgan fingerprint density at radius 3 is 2.04 bits per heavy atom. The Kier molecular flexibility index (Phi) is 5.52. The van der Waals surface area contributed by atoms with E-state index in [1.54, 1.807) is 13.8 Å². The lowest BCUT2D eigenvalue weighted by Gasteiger charge is -2.16. The maximum absolute atomic E-state index is 11.7. The van der Waals surface area contributed by atoms with Gasteiger partial charge in [0.1, 0.15) is 6.04 Å². The highest BCUT2D eigenvalue weighted by Crippen LogP contribution is 2.19. The number of carbonyl (C=O) groups is 2. The van der Waals surface area contributed by atoms with E-state index in [1.807, 2.05) is 54.6 Å². The molecule has 0 aromatic heterocycles. The fourth-order valence-electron chi connectivity index (χ4n) is 2.24. The molecule has 2 aromatic rings. The highest BCUT2D eigenvalue weighted by Gasteiger charge is 2.21. The number of benzene rings is 2. The Labute approximate surface area is 136 Å². The van der Waals surface area contributed by atoms with Crippen LogP contribution in [0.2, 0.25) is 0 Å². The maximum atomic E-state index is 11.7. The summed E-state index contributed by atoms with van der Waals surface area (Å²) in [5, 5.41) is 11.9. The number of amides is 1. The van der Waals surface area contributed by atoms with Gasteiger partial charge in [-0.25, -0.2) is 4.79 Å². The van der Waals surface area contributed by atoms with E-state index in [9.17, 15) is 14.7 Å². The Hall–Kier alpha value is -2.62. The van der Waals surface area contributed by atoms with Crippen LogP contribution >= 0.6 is 0 Å². The van der Waals surface area contributed by atoms with Gasteiger partial charge in [-0.05, 0) is 16.7 Å². The van der Waals surface area contributed by atoms with Crippen molar-refractivity contribution in [1.29, 1.82) is 0 Å². The molecular formula is C19H21NO3. The second kappa shape index (κ2) is 7.58. The van der Waals surface area contributed by atoms with Crippen molar-refractivity contribution in [2.45, 2.75) is 26.3 Å². The van der Waals surface area contributed by atoms with Gasteiger partial charge in [-0.2, -0.15) is 0 Å². The van der Waals surface area contributed by atoms with Crippen LogP contribution in [0.3, 0.4) is 0 Å². The van der Waals surface area contributed by atoms with Gasteiger partial charge in [-0.3, -0.25) is 4.79 Å². The molecule has 0 aliphatic rings. The molecule has 0 fully saturated rings. The van der Waals surface area contributed by atoms with Crippen molar-refractivity contribution in [2.24, 2.45) is 5.92 Å². The number of aliphatic carboxylic acids is 1. The summed E-state index contributed by atoms with van der Waals surface area (Å²) in [7, 11) is 0. The first-order valence-corrected chi connectivity index (χ1v) is 7.65. The van der Waals surface area contributed by atoms with Crippen LogP contribution in [0.5, 0.6) is 0 Å². The van der Waals surface area contributed by atoms with Crippen LogP contribution in [0.15, 0.2) is 54.6 Å². The van der Waals surface area contributed by atoms with Gasteiger partial charge >= 0.3 is 5.97 Å². The first-order valence-electron chi connectivity index (χ1n) is 7.65. The average Bonchev–Trinajstić information content (AvgIpc) is 2.55. The third kappa shape index (κ3) is 4.68. The van der Waals surface area contributed by atoms with Gasteiger partial charge in [0.2, 0.25) is 5.91 Å². The highest BCUT2D eigenvalue weighted by atomic mass is 16.4. The minimum atomic E-state index is -1.02. The Balaban J connectivity index is 2.09. The van der Waals surface area contributed by atoms with E-state index in [0.29, 0.717) is 0 Å². The lowest BCUT2D eigenvalue weighted by atomic mass is 10.0. The summed E-state index contributed by atoms with van der Waals surface area (Å²) in [5.74, 6) is -1.51. The summed E-state index contributed by atoms with van der Waals surface area (Å²) in [6.45, 7) is 3.48. The Bertz CT molecular complexity index is 663. The number of nitrogens with one attached hydrogen (secondary N) is 1. The van der Waals surface area contributed by atoms with Crippen LogP contribution in [0.25, 0.3) is 11.1 Å². The third-order valence-corrected chi connectivity index (χ3v) is 3.64. The van der Waals surface area contributed by atoms with Gasteiger partial charge in [0.05, 0.1) is 0 Å². The van der Waals surface area contributed by atoms with Crippen LogP contribution in [-0.4, -0.2) is 23.0 Å². The SMILES string of the molecule is CC(C)C(=O)NC(Cc1ccc(-c2ccccc2)cc1)C(=O)O. The lowest BCUT2D eigenvalue weighted by molar-refractivity contribution is -0.142. The second-order valence-electron chi connectivity index (χ2n) is 5.82. The van der Waals surface area contributed by atoms with Crippen molar-refractivity contribution < 1.29 is 14.7 Å². The number of hydrogen-bond acceptors (Lipinski definition) is 2. The standard InChI is InChI=1S/C19H21NO3/c1-13(2)18(21)20-17(19(22)23)12-14-8-10-16(11-9-14)15-6-4-3-5-7-15/h3-11,13,17H,12H2,1-2H3,(H,20,21)(H,22,23). The predicted molar refractivity (Wildman–Crippen MR) is 90.0 cm³/mol. The molecule has 1 amide bonds. The molecule has 2 aromatic carbocycles. The highest BCUT2D eigenvalue weighted by molar-refractivity contribution is 5.84. The summed E-state index contributed by atoms with van der Waals surface area (Å²) in [5.41, 5.74) is 3.07. The molecule has 2 rings (SSSR count). The van der Waals surface area contributed by atoms with Gasteiger partial charge in [-0.15, -0.1) is 0 Å². The number of carbonyl (C=O) groups excluding carboxylic acids is 1. The van der Waals surface area contributed by atoms with E-state index < -0.39 is 12.0 Å². The monoisotopic (exact) mass is 311 g/mol. The molecule has 120 valence electrons. The molecule has 4 heteroatoms. The van der Waals surface area contributed by atoms with Crippen LogP contribution in [0.4, 0.5) is 0 Å². The minimum Gasteiger partial charge on any atom is -0.480 e. The largest absolute Gasteiger partial charge is 0.480 e. The molecule has 1 atom stereocenters. The molecule has 23 heavy (non-hydrogen) atoms. The van der Waals surface area contributed by atoms with Crippen LogP contribution in [-0.2, 0) is 16.0 Å². The molecule has 0 saturated carbocycles. The Morgan fingerprint density at radius 2 is 1.52 bits per heavy atom. The molecule has 0 heterocycles. The molecule has 0 radical (unpaired) electrons. The van der Waals surface area contributed by atoms with Crippen LogP contribution in [0.1, 0.15) is 19.4 Å². The zero-order valence-electron chi connectivity index (χ0n) is 13.3. The first kappa shape index (κ1) is 16.7. The molecule has 4 nitrogen and oxygen atoms in total. The summed E-state index contributed by atoms with van der Waals surface area (Å²) in [6.07, 6.45) is 0.267. The number of carboxylic acids is 1. The number of carboxylic acid groups (broad SMARTS) is 1. The van der Waals surface area contributed by atoms with E-state index >= 15 is 0 Å². The molecule has 0 bridgehead atoms. The van der Waals surface area contributed by atoms with E-state index in [0.717, 1.165) is 16.7 Å². The van der Waals surface area contributed by atoms with Crippen LogP contribution < -0.4 is 5.32 Å². The van der Waals surface area contributed by atoms with E-state index in [2.05, 4.69) is 5.32 Å². The predicted octanol–water partition coefficient (Wildman–Crippen LogP) is 3.12. The minimum absolute atomic E-state index is 0.239. The average molecular weight is 311 g/mol. The fraction of sp³-hybridized carbons (Fsp3) is 0.263. The van der Waals surface area contributed by atoms with Crippen molar-refractivity contribution in [1.82, 2.24) is 5.32 Å². The van der Waals surface area contributed by atoms with E-state index in [-0.39, 0.29) is 18.2 Å². The zero-order valence-corrected chi connectivity index (χ0v) is 13.3. The van der Waals surface area contributed by atoms with Crippen molar-refractivity contribution in [3.8, 4) is 11.1 Å². The molecule has 0 aliphatic heterocycles.